The molecule has 0 amide bonds. The van der Waals surface area contributed by atoms with E-state index in [-0.39, 0.29) is 23.8 Å². The summed E-state index contributed by atoms with van der Waals surface area (Å²) < 4.78 is 5.32. The van der Waals surface area contributed by atoms with Crippen molar-refractivity contribution in [1.82, 2.24) is 0 Å². The normalized spacial score (nSPS) is 11.9. The van der Waals surface area contributed by atoms with Gasteiger partial charge in [-0.2, -0.15) is 0 Å². The van der Waals surface area contributed by atoms with Crippen molar-refractivity contribution in [2.24, 2.45) is 0 Å². The average molecular weight is 739 g/mol. The van der Waals surface area contributed by atoms with Gasteiger partial charge in [0, 0.05) is 0 Å². The predicted molar refractivity (Wildman–Crippen MR) is 222 cm³/mol. The van der Waals surface area contributed by atoms with Crippen LogP contribution in [0.5, 0.6) is 0 Å². The van der Waals surface area contributed by atoms with Crippen LogP contribution in [0.15, 0.2) is 72.8 Å². The molecule has 0 unspecified atom stereocenters. The predicted octanol–water partition coefficient (Wildman–Crippen LogP) is 10.3. The van der Waals surface area contributed by atoms with Crippen LogP contribution < -0.4 is 29.0 Å². The molecule has 0 radical (unpaired) electrons. The second-order valence-corrected chi connectivity index (χ2v) is 24.7. The zero-order valence-corrected chi connectivity index (χ0v) is 35.0. The van der Waals surface area contributed by atoms with Crippen LogP contribution in [-0.2, 0) is 0 Å². The van der Waals surface area contributed by atoms with E-state index >= 15 is 0 Å². The number of hydrogen-bond donors (Lipinski definition) is 0. The molecule has 0 bridgehead atoms. The molecule has 0 fully saturated rings. The molecule has 4 heteroatoms. The maximum atomic E-state index is 2.62. The number of benzene rings is 3. The Morgan fingerprint density at radius 2 is 0.565 bits per heavy atom. The van der Waals surface area contributed by atoms with Gasteiger partial charge >= 0.3 is 296 Å². The molecule has 0 N–H and O–H groups in total. The third-order valence-corrected chi connectivity index (χ3v) is 24.1. The summed E-state index contributed by atoms with van der Waals surface area (Å²) in [6.07, 6.45) is 24.4. The van der Waals surface area contributed by atoms with E-state index in [2.05, 4.69) is 114 Å². The first-order valence-electron chi connectivity index (χ1n) is 19.0. The summed E-state index contributed by atoms with van der Waals surface area (Å²) in [5, 5.41) is 5.30. The molecule has 254 valence electrons. The molecule has 0 heterocycles. The minimum atomic E-state index is -1.85. The third-order valence-electron chi connectivity index (χ3n) is 9.08. The second kappa shape index (κ2) is 23.8. The molecule has 0 saturated heterocycles. The first-order chi connectivity index (χ1) is 22.6. The Morgan fingerprint density at radius 3 is 0.783 bits per heavy atom. The third kappa shape index (κ3) is 12.1. The van der Waals surface area contributed by atoms with Gasteiger partial charge in [0.25, 0.3) is 0 Å². The van der Waals surface area contributed by atoms with Gasteiger partial charge in [0.2, 0.25) is 0 Å². The van der Waals surface area contributed by atoms with Crippen LogP contribution in [0.1, 0.15) is 119 Å². The molecule has 3 aromatic carbocycles. The topological polar surface area (TPSA) is 0 Å². The van der Waals surface area contributed by atoms with Crippen molar-refractivity contribution in [2.45, 2.75) is 119 Å². The Kier molecular flexibility index (Phi) is 20.7. The van der Waals surface area contributed by atoms with Gasteiger partial charge in [-0.3, -0.25) is 0 Å². The number of hydrogen-bond acceptors (Lipinski definition) is 0. The van der Waals surface area contributed by atoms with Gasteiger partial charge in [0.05, 0.1) is 0 Å². The molecule has 46 heavy (non-hydrogen) atoms. The minimum absolute atomic E-state index is 0.142. The molecule has 3 rings (SSSR count). The van der Waals surface area contributed by atoms with Crippen LogP contribution in [0, 0.1) is 0 Å². The molecule has 0 aliphatic heterocycles. The average Bonchev–Trinajstić information content (AvgIpc) is 3.10. The van der Waals surface area contributed by atoms with Gasteiger partial charge in [-0.25, -0.2) is 0 Å². The fraction of sp³-hybridized carbons (Fsp3) is 0.571. The van der Waals surface area contributed by atoms with Crippen LogP contribution >= 0.6 is 23.8 Å². The van der Waals surface area contributed by atoms with Gasteiger partial charge in [0.1, 0.15) is 0 Å². The van der Waals surface area contributed by atoms with E-state index in [4.69, 9.17) is 0 Å². The van der Waals surface area contributed by atoms with E-state index in [1.165, 1.54) is 114 Å². The Balaban J connectivity index is 2.34. The van der Waals surface area contributed by atoms with Crippen molar-refractivity contribution in [3.8, 4) is 0 Å². The standard InChI is InChI=1S/C42H66AsP3/c1-7-13-31-44(32-14-8-2)40-28-22-19-25-37(40)43(38-26-20-23-29-41(38)45(33-15-9-3)34-16-10-4)39-27-21-24-30-42(39)46(35-17-11-5)36-18-12-6/h19-30H,7-18,31-36H2,1-6H3. The van der Waals surface area contributed by atoms with Crippen LogP contribution in [0.4, 0.5) is 0 Å². The Hall–Kier alpha value is -0.492. The molecule has 0 aromatic heterocycles. The van der Waals surface area contributed by atoms with Gasteiger partial charge in [0.15, 0.2) is 0 Å². The molecule has 0 nitrogen and oxygen atoms in total. The van der Waals surface area contributed by atoms with E-state index in [1.54, 1.807) is 29.0 Å². The van der Waals surface area contributed by atoms with E-state index in [9.17, 15) is 0 Å². The van der Waals surface area contributed by atoms with Gasteiger partial charge in [-0.05, 0) is 0 Å². The second-order valence-electron chi connectivity index (χ2n) is 12.9. The van der Waals surface area contributed by atoms with Crippen LogP contribution in [0.3, 0.4) is 0 Å². The molecule has 0 saturated carbocycles. The fourth-order valence-corrected chi connectivity index (χ4v) is 23.9. The van der Waals surface area contributed by atoms with Gasteiger partial charge < -0.3 is 0 Å². The first-order valence-corrected chi connectivity index (χ1v) is 26.9. The van der Waals surface area contributed by atoms with E-state index in [0.717, 1.165) is 0 Å². The van der Waals surface area contributed by atoms with Crippen molar-refractivity contribution < 1.29 is 0 Å². The summed E-state index contributed by atoms with van der Waals surface area (Å²) >= 11 is -1.85. The zero-order chi connectivity index (χ0) is 33.0. The van der Waals surface area contributed by atoms with Crippen LogP contribution in [-0.4, -0.2) is 51.6 Å². The molecular weight excluding hydrogens is 672 g/mol. The van der Waals surface area contributed by atoms with E-state index < -0.39 is 14.7 Å². The van der Waals surface area contributed by atoms with Gasteiger partial charge in [-0.1, -0.05) is 0 Å². The molecule has 0 atom stereocenters. The quantitative estimate of drug-likeness (QED) is 0.0634. The molecule has 3 aromatic rings. The van der Waals surface area contributed by atoms with E-state index in [1.807, 2.05) is 0 Å². The summed E-state index contributed by atoms with van der Waals surface area (Å²) in [5.74, 6) is 0. The van der Waals surface area contributed by atoms with Crippen molar-refractivity contribution >= 4 is 67.4 Å². The van der Waals surface area contributed by atoms with E-state index in [0.29, 0.717) is 0 Å². The fourth-order valence-electron chi connectivity index (χ4n) is 6.30. The summed E-state index contributed by atoms with van der Waals surface area (Å²) in [4.78, 5) is 0. The zero-order valence-electron chi connectivity index (χ0n) is 30.4. The number of unbranched alkanes of at least 4 members (excludes halogenated alkanes) is 6. The number of rotatable bonds is 24. The molecular formula is C42H66AsP3. The summed E-state index contributed by atoms with van der Waals surface area (Å²) in [6.45, 7) is 14.3. The van der Waals surface area contributed by atoms with Crippen molar-refractivity contribution in [3.63, 3.8) is 0 Å². The van der Waals surface area contributed by atoms with Crippen molar-refractivity contribution in [2.75, 3.05) is 37.0 Å². The Morgan fingerprint density at radius 1 is 0.348 bits per heavy atom. The van der Waals surface area contributed by atoms with Gasteiger partial charge in [-0.15, -0.1) is 0 Å². The Bertz CT molecular complexity index is 1050. The SMILES string of the molecule is CCCCP(CCCC)c1ccccc1[As](c1ccccc1P(CCCC)CCCC)c1ccccc1P(CCCC)CCCC. The summed E-state index contributed by atoms with van der Waals surface area (Å²) in [7, 11) is -0.426. The van der Waals surface area contributed by atoms with Crippen LogP contribution in [0.2, 0.25) is 0 Å². The molecule has 0 aliphatic rings. The van der Waals surface area contributed by atoms with Crippen molar-refractivity contribution in [3.05, 3.63) is 72.8 Å². The first kappa shape index (κ1) is 39.9. The monoisotopic (exact) mass is 738 g/mol. The molecule has 0 aliphatic carbocycles. The summed E-state index contributed by atoms with van der Waals surface area (Å²) in [5.41, 5.74) is 0. The maximum absolute atomic E-state index is 2.62. The summed E-state index contributed by atoms with van der Waals surface area (Å²) in [6, 6.07) is 30.0. The Labute approximate surface area is 294 Å². The van der Waals surface area contributed by atoms with Crippen molar-refractivity contribution in [1.29, 1.82) is 0 Å². The molecule has 0 spiro atoms. The van der Waals surface area contributed by atoms with Crippen LogP contribution in [0.25, 0.3) is 0 Å².